The Bertz CT molecular complexity index is 287. The first kappa shape index (κ1) is 10.9. The SMILES string of the molecule is CC(C)c1ccc(C(=S)CBr)cc1. The van der Waals surface area contributed by atoms with Crippen molar-refractivity contribution in [3.8, 4) is 0 Å². The highest BCUT2D eigenvalue weighted by atomic mass is 79.9. The Morgan fingerprint density at radius 3 is 2.23 bits per heavy atom. The van der Waals surface area contributed by atoms with Gasteiger partial charge in [0.15, 0.2) is 0 Å². The Kier molecular flexibility index (Phi) is 4.07. The van der Waals surface area contributed by atoms with Gasteiger partial charge in [0, 0.05) is 10.2 Å². The zero-order chi connectivity index (χ0) is 9.84. The van der Waals surface area contributed by atoms with Crippen molar-refractivity contribution in [3.05, 3.63) is 35.4 Å². The van der Waals surface area contributed by atoms with E-state index < -0.39 is 0 Å². The minimum Gasteiger partial charge on any atom is -0.0867 e. The molecule has 0 aliphatic rings. The average molecular weight is 257 g/mol. The van der Waals surface area contributed by atoms with Crippen molar-refractivity contribution in [1.29, 1.82) is 0 Å². The van der Waals surface area contributed by atoms with Crippen molar-refractivity contribution in [3.63, 3.8) is 0 Å². The molecule has 0 N–H and O–H groups in total. The van der Waals surface area contributed by atoms with E-state index in [1.165, 1.54) is 5.56 Å². The quantitative estimate of drug-likeness (QED) is 0.449. The van der Waals surface area contributed by atoms with Crippen molar-refractivity contribution in [2.24, 2.45) is 0 Å². The van der Waals surface area contributed by atoms with Crippen molar-refractivity contribution in [2.45, 2.75) is 19.8 Å². The van der Waals surface area contributed by atoms with Crippen LogP contribution in [0.4, 0.5) is 0 Å². The predicted molar refractivity (Wildman–Crippen MR) is 66.0 cm³/mol. The van der Waals surface area contributed by atoms with Gasteiger partial charge in [0.1, 0.15) is 0 Å². The van der Waals surface area contributed by atoms with Crippen LogP contribution >= 0.6 is 28.1 Å². The molecule has 1 aromatic rings. The maximum atomic E-state index is 5.18. The number of rotatable bonds is 3. The second-order valence-corrected chi connectivity index (χ2v) is 4.39. The van der Waals surface area contributed by atoms with Gasteiger partial charge < -0.3 is 0 Å². The topological polar surface area (TPSA) is 0 Å². The van der Waals surface area contributed by atoms with E-state index in [4.69, 9.17) is 12.2 Å². The molecule has 2 heteroatoms. The molecule has 1 rings (SSSR count). The third-order valence-electron chi connectivity index (χ3n) is 2.02. The van der Waals surface area contributed by atoms with Crippen LogP contribution in [0.5, 0.6) is 0 Å². The molecule has 0 atom stereocenters. The fourth-order valence-corrected chi connectivity index (χ4v) is 1.59. The van der Waals surface area contributed by atoms with Gasteiger partial charge in [-0.15, -0.1) is 0 Å². The lowest BCUT2D eigenvalue weighted by atomic mass is 10.0. The van der Waals surface area contributed by atoms with Crippen LogP contribution in [0.25, 0.3) is 0 Å². The number of halogens is 1. The number of alkyl halides is 1. The van der Waals surface area contributed by atoms with E-state index in [2.05, 4.69) is 54.0 Å². The van der Waals surface area contributed by atoms with Crippen LogP contribution < -0.4 is 0 Å². The molecule has 0 spiro atoms. The molecular formula is C11H13BrS. The molecular weight excluding hydrogens is 244 g/mol. The summed E-state index contributed by atoms with van der Waals surface area (Å²) >= 11 is 8.54. The van der Waals surface area contributed by atoms with E-state index in [9.17, 15) is 0 Å². The maximum Gasteiger partial charge on any atom is 0.0391 e. The molecule has 0 bridgehead atoms. The standard InChI is InChI=1S/C11H13BrS/c1-8(2)9-3-5-10(6-4-9)11(13)7-12/h3-6,8H,7H2,1-2H3. The van der Waals surface area contributed by atoms with E-state index in [-0.39, 0.29) is 0 Å². The Morgan fingerprint density at radius 1 is 1.31 bits per heavy atom. The molecule has 0 aromatic heterocycles. The van der Waals surface area contributed by atoms with Crippen LogP contribution in [0.3, 0.4) is 0 Å². The van der Waals surface area contributed by atoms with Crippen LogP contribution in [0, 0.1) is 0 Å². The summed E-state index contributed by atoms with van der Waals surface area (Å²) < 4.78 is 0. The largest absolute Gasteiger partial charge is 0.0867 e. The van der Waals surface area contributed by atoms with Crippen molar-refractivity contribution >= 4 is 33.0 Å². The van der Waals surface area contributed by atoms with E-state index in [1.54, 1.807) is 0 Å². The van der Waals surface area contributed by atoms with Gasteiger partial charge in [-0.25, -0.2) is 0 Å². The first-order valence-electron chi connectivity index (χ1n) is 4.34. The number of thiocarbonyl (C=S) groups is 1. The third-order valence-corrected chi connectivity index (χ3v) is 3.33. The van der Waals surface area contributed by atoms with E-state index >= 15 is 0 Å². The van der Waals surface area contributed by atoms with Gasteiger partial charge in [-0.2, -0.15) is 0 Å². The lowest BCUT2D eigenvalue weighted by molar-refractivity contribution is 0.866. The molecule has 0 amide bonds. The summed E-state index contributed by atoms with van der Waals surface area (Å²) in [6.45, 7) is 4.38. The Labute approximate surface area is 93.5 Å². The first-order chi connectivity index (χ1) is 6.15. The second-order valence-electron chi connectivity index (χ2n) is 3.33. The van der Waals surface area contributed by atoms with Crippen LogP contribution in [-0.4, -0.2) is 10.2 Å². The normalized spacial score (nSPS) is 10.5. The van der Waals surface area contributed by atoms with Gasteiger partial charge in [-0.1, -0.05) is 66.3 Å². The Morgan fingerprint density at radius 2 is 1.85 bits per heavy atom. The highest BCUT2D eigenvalue weighted by Crippen LogP contribution is 2.15. The van der Waals surface area contributed by atoms with Crippen LogP contribution in [0.1, 0.15) is 30.9 Å². The van der Waals surface area contributed by atoms with Crippen LogP contribution in [0.2, 0.25) is 0 Å². The second kappa shape index (κ2) is 4.87. The summed E-state index contributed by atoms with van der Waals surface area (Å²) in [5.41, 5.74) is 2.51. The Balaban J connectivity index is 2.87. The highest BCUT2D eigenvalue weighted by molar-refractivity contribution is 9.09. The molecule has 1 aromatic carbocycles. The molecule has 0 saturated carbocycles. The zero-order valence-electron chi connectivity index (χ0n) is 7.88. The van der Waals surface area contributed by atoms with Gasteiger partial charge >= 0.3 is 0 Å². The maximum absolute atomic E-state index is 5.18. The molecule has 0 unspecified atom stereocenters. The minimum atomic E-state index is 0.589. The molecule has 13 heavy (non-hydrogen) atoms. The summed E-state index contributed by atoms with van der Waals surface area (Å²) in [6.07, 6.45) is 0. The van der Waals surface area contributed by atoms with E-state index in [1.807, 2.05) is 0 Å². The smallest absolute Gasteiger partial charge is 0.0391 e. The summed E-state index contributed by atoms with van der Waals surface area (Å²) in [5.74, 6) is 0.589. The van der Waals surface area contributed by atoms with Gasteiger partial charge in [0.25, 0.3) is 0 Å². The predicted octanol–water partition coefficient (Wildman–Crippen LogP) is 3.92. The van der Waals surface area contributed by atoms with Crippen LogP contribution in [-0.2, 0) is 0 Å². The highest BCUT2D eigenvalue weighted by Gasteiger charge is 2.01. The van der Waals surface area contributed by atoms with Crippen molar-refractivity contribution < 1.29 is 0 Å². The average Bonchev–Trinajstić information content (AvgIpc) is 2.17. The van der Waals surface area contributed by atoms with E-state index in [0.717, 1.165) is 15.8 Å². The van der Waals surface area contributed by atoms with Crippen LogP contribution in [0.15, 0.2) is 24.3 Å². The van der Waals surface area contributed by atoms with Gasteiger partial charge in [0.2, 0.25) is 0 Å². The van der Waals surface area contributed by atoms with Gasteiger partial charge in [0.05, 0.1) is 0 Å². The lowest BCUT2D eigenvalue weighted by Crippen LogP contribution is -1.98. The third kappa shape index (κ3) is 2.89. The summed E-state index contributed by atoms with van der Waals surface area (Å²) in [7, 11) is 0. The minimum absolute atomic E-state index is 0.589. The van der Waals surface area contributed by atoms with Gasteiger partial charge in [-0.05, 0) is 17.0 Å². The number of hydrogen-bond donors (Lipinski definition) is 0. The summed E-state index contributed by atoms with van der Waals surface area (Å²) in [4.78, 5) is 0.968. The lowest BCUT2D eigenvalue weighted by Gasteiger charge is -2.06. The number of benzene rings is 1. The fourth-order valence-electron chi connectivity index (χ4n) is 1.13. The number of hydrogen-bond acceptors (Lipinski definition) is 1. The molecule has 0 aliphatic heterocycles. The molecule has 0 heterocycles. The monoisotopic (exact) mass is 256 g/mol. The first-order valence-corrected chi connectivity index (χ1v) is 5.87. The summed E-state index contributed by atoms with van der Waals surface area (Å²) in [6, 6.07) is 8.49. The van der Waals surface area contributed by atoms with E-state index in [0.29, 0.717) is 5.92 Å². The summed E-state index contributed by atoms with van der Waals surface area (Å²) in [5, 5.41) is 0.767. The van der Waals surface area contributed by atoms with Crippen molar-refractivity contribution in [2.75, 3.05) is 5.33 Å². The molecule has 0 nitrogen and oxygen atoms in total. The molecule has 70 valence electrons. The Hall–Kier alpha value is -0.210. The van der Waals surface area contributed by atoms with Crippen molar-refractivity contribution in [1.82, 2.24) is 0 Å². The fraction of sp³-hybridized carbons (Fsp3) is 0.364. The zero-order valence-corrected chi connectivity index (χ0v) is 10.3. The van der Waals surface area contributed by atoms with Gasteiger partial charge in [-0.3, -0.25) is 0 Å². The molecule has 0 fully saturated rings. The molecule has 0 saturated heterocycles. The molecule has 0 radical (unpaired) electrons. The molecule has 0 aliphatic carbocycles.